The molecule has 2 aromatic rings. The Labute approximate surface area is 138 Å². The molecule has 0 atom stereocenters. The summed E-state index contributed by atoms with van der Waals surface area (Å²) in [7, 11) is 0. The molecule has 0 N–H and O–H groups in total. The highest BCUT2D eigenvalue weighted by Crippen LogP contribution is 2.31. The molecule has 118 valence electrons. The first-order valence-corrected chi connectivity index (χ1v) is 8.07. The first-order chi connectivity index (χ1) is 11.1. The van der Waals surface area contributed by atoms with Gasteiger partial charge in [0, 0.05) is 13.0 Å². The molecule has 6 heteroatoms. The number of benzene rings is 1. The summed E-state index contributed by atoms with van der Waals surface area (Å²) in [6, 6.07) is 7.43. The van der Waals surface area contributed by atoms with Crippen LogP contribution < -0.4 is 4.90 Å². The maximum Gasteiger partial charge on any atom is 0.267 e. The fourth-order valence-electron chi connectivity index (χ4n) is 2.50. The van der Waals surface area contributed by atoms with E-state index in [1.165, 1.54) is 17.4 Å². The van der Waals surface area contributed by atoms with E-state index in [0.29, 0.717) is 23.7 Å². The Bertz CT molecular complexity index is 761. The number of nitrogens with zero attached hydrogens (tertiary/aromatic N) is 2. The molecule has 3 rings (SSSR count). The average molecular weight is 328 g/mol. The molecule has 1 aromatic carbocycles. The van der Waals surface area contributed by atoms with E-state index in [1.807, 2.05) is 32.0 Å². The molecule has 0 radical (unpaired) electrons. The van der Waals surface area contributed by atoms with Gasteiger partial charge in [0.1, 0.15) is 6.26 Å². The second-order valence-corrected chi connectivity index (χ2v) is 6.31. The van der Waals surface area contributed by atoms with Crippen molar-refractivity contribution in [1.29, 1.82) is 0 Å². The van der Waals surface area contributed by atoms with Gasteiger partial charge >= 0.3 is 0 Å². The van der Waals surface area contributed by atoms with Gasteiger partial charge in [-0.15, -0.1) is 0 Å². The summed E-state index contributed by atoms with van der Waals surface area (Å²) in [5, 5.41) is 0.441. The summed E-state index contributed by atoms with van der Waals surface area (Å²) >= 11 is 1.02. The molecular formula is C17H16N2O3S. The average Bonchev–Trinajstić information content (AvgIpc) is 3.05. The summed E-state index contributed by atoms with van der Waals surface area (Å²) in [5.41, 5.74) is 3.08. The molecule has 0 spiro atoms. The van der Waals surface area contributed by atoms with Crippen LogP contribution in [0.2, 0.25) is 0 Å². The van der Waals surface area contributed by atoms with Crippen molar-refractivity contribution in [2.75, 3.05) is 11.4 Å². The van der Waals surface area contributed by atoms with E-state index < -0.39 is 0 Å². The Balaban J connectivity index is 2.12. The molecule has 5 nitrogen and oxygen atoms in total. The Morgan fingerprint density at radius 1 is 1.26 bits per heavy atom. The molecule has 0 fully saturated rings. The van der Waals surface area contributed by atoms with Crippen molar-refractivity contribution in [3.8, 4) is 0 Å². The van der Waals surface area contributed by atoms with Gasteiger partial charge < -0.3 is 4.42 Å². The lowest BCUT2D eigenvalue weighted by Gasteiger charge is -2.27. The highest BCUT2D eigenvalue weighted by molar-refractivity contribution is 8.26. The van der Waals surface area contributed by atoms with Crippen molar-refractivity contribution in [2.45, 2.75) is 20.3 Å². The maximum atomic E-state index is 13.0. The van der Waals surface area contributed by atoms with Crippen molar-refractivity contribution >= 4 is 33.6 Å². The minimum absolute atomic E-state index is 0.0197. The quantitative estimate of drug-likeness (QED) is 0.845. The molecule has 1 aliphatic rings. The topological polar surface area (TPSA) is 62.9 Å². The zero-order chi connectivity index (χ0) is 16.4. The smallest absolute Gasteiger partial charge is 0.267 e. The number of aryl methyl sites for hydroxylation is 2. The summed E-state index contributed by atoms with van der Waals surface area (Å²) < 4.78 is 5.03. The number of carbonyl (C=O) groups excluding carboxylic acids is 2. The summed E-state index contributed by atoms with van der Waals surface area (Å²) in [5.74, 6) is -0.253. The van der Waals surface area contributed by atoms with E-state index in [4.69, 9.17) is 4.42 Å². The van der Waals surface area contributed by atoms with E-state index >= 15 is 0 Å². The molecule has 0 saturated carbocycles. The third kappa shape index (κ3) is 3.07. The number of furan rings is 1. The van der Waals surface area contributed by atoms with Crippen molar-refractivity contribution in [3.05, 3.63) is 53.5 Å². The second-order valence-electron chi connectivity index (χ2n) is 5.28. The van der Waals surface area contributed by atoms with Gasteiger partial charge in [0.25, 0.3) is 5.91 Å². The molecule has 0 unspecified atom stereocenters. The van der Waals surface area contributed by atoms with E-state index in [9.17, 15) is 9.59 Å². The third-order valence-electron chi connectivity index (χ3n) is 3.59. The molecule has 0 saturated heterocycles. The van der Waals surface area contributed by atoms with Crippen LogP contribution in [0.5, 0.6) is 0 Å². The molecule has 0 aliphatic carbocycles. The van der Waals surface area contributed by atoms with Gasteiger partial charge in [-0.2, -0.15) is 0 Å². The Hall–Kier alpha value is -2.34. The van der Waals surface area contributed by atoms with Crippen LogP contribution in [0, 0.1) is 13.8 Å². The number of hydrogen-bond donors (Lipinski definition) is 0. The van der Waals surface area contributed by atoms with Gasteiger partial charge in [-0.3, -0.25) is 19.5 Å². The first-order valence-electron chi connectivity index (χ1n) is 7.26. The van der Waals surface area contributed by atoms with E-state index in [0.717, 1.165) is 28.6 Å². The molecule has 1 amide bonds. The second kappa shape index (κ2) is 6.42. The molecule has 0 bridgehead atoms. The first kappa shape index (κ1) is 15.6. The zero-order valence-electron chi connectivity index (χ0n) is 12.9. The number of rotatable bonds is 2. The fraction of sp³-hybridized carbons (Fsp3) is 0.235. The van der Waals surface area contributed by atoms with Crippen LogP contribution in [0.25, 0.3) is 0 Å². The SMILES string of the molecule is Cc1cccc(C)c1N(C(=O)c1ccoc1)C1=NCCC(=O)S1. The normalized spacial score (nSPS) is 14.5. The standard InChI is InChI=1S/C17H16N2O3S/c1-11-4-3-5-12(2)15(11)19(16(21)13-7-9-22-10-13)17-18-8-6-14(20)23-17/h3-5,7,9-10H,6,8H2,1-2H3. The predicted molar refractivity (Wildman–Crippen MR) is 91.0 cm³/mol. The van der Waals surface area contributed by atoms with Gasteiger partial charge in [-0.1, -0.05) is 18.2 Å². The van der Waals surface area contributed by atoms with Gasteiger partial charge in [0.2, 0.25) is 0 Å². The molecule has 2 heterocycles. The number of para-hydroxylation sites is 1. The Morgan fingerprint density at radius 2 is 2.00 bits per heavy atom. The number of amidine groups is 1. The Morgan fingerprint density at radius 3 is 2.61 bits per heavy atom. The lowest BCUT2D eigenvalue weighted by atomic mass is 10.1. The lowest BCUT2D eigenvalue weighted by Crippen LogP contribution is -2.38. The Kier molecular flexibility index (Phi) is 4.34. The molecule has 1 aromatic heterocycles. The molecule has 1 aliphatic heterocycles. The van der Waals surface area contributed by atoms with E-state index in [2.05, 4.69) is 4.99 Å². The maximum absolute atomic E-state index is 13.0. The van der Waals surface area contributed by atoms with Crippen molar-refractivity contribution in [1.82, 2.24) is 0 Å². The molecule has 23 heavy (non-hydrogen) atoms. The minimum atomic E-state index is -0.253. The highest BCUT2D eigenvalue weighted by atomic mass is 32.2. The summed E-state index contributed by atoms with van der Waals surface area (Å²) in [4.78, 5) is 30.7. The predicted octanol–water partition coefficient (Wildman–Crippen LogP) is 3.56. The van der Waals surface area contributed by atoms with Crippen LogP contribution in [0.15, 0.2) is 46.2 Å². The van der Waals surface area contributed by atoms with Crippen LogP contribution in [0.4, 0.5) is 5.69 Å². The van der Waals surface area contributed by atoms with Crippen LogP contribution in [-0.4, -0.2) is 22.7 Å². The number of amides is 1. The van der Waals surface area contributed by atoms with Crippen molar-refractivity contribution < 1.29 is 14.0 Å². The number of carbonyl (C=O) groups is 2. The monoisotopic (exact) mass is 328 g/mol. The van der Waals surface area contributed by atoms with Crippen LogP contribution in [0.3, 0.4) is 0 Å². The summed E-state index contributed by atoms with van der Waals surface area (Å²) in [6.07, 6.45) is 3.25. The van der Waals surface area contributed by atoms with Gasteiger partial charge in [-0.25, -0.2) is 0 Å². The lowest BCUT2D eigenvalue weighted by molar-refractivity contribution is -0.110. The van der Waals surface area contributed by atoms with Gasteiger partial charge in [0.05, 0.1) is 17.5 Å². The van der Waals surface area contributed by atoms with Gasteiger partial charge in [0.15, 0.2) is 10.3 Å². The zero-order valence-corrected chi connectivity index (χ0v) is 13.7. The van der Waals surface area contributed by atoms with Gasteiger partial charge in [-0.05, 0) is 42.8 Å². The van der Waals surface area contributed by atoms with E-state index in [-0.39, 0.29) is 11.0 Å². The highest BCUT2D eigenvalue weighted by Gasteiger charge is 2.29. The molecular weight excluding hydrogens is 312 g/mol. The van der Waals surface area contributed by atoms with Crippen LogP contribution in [-0.2, 0) is 4.79 Å². The number of aliphatic imine (C=N–C) groups is 1. The largest absolute Gasteiger partial charge is 0.472 e. The van der Waals surface area contributed by atoms with Crippen LogP contribution >= 0.6 is 11.8 Å². The summed E-state index contributed by atoms with van der Waals surface area (Å²) in [6.45, 7) is 4.28. The number of thioether (sulfide) groups is 1. The van der Waals surface area contributed by atoms with E-state index in [1.54, 1.807) is 6.07 Å². The number of anilines is 1. The third-order valence-corrected chi connectivity index (χ3v) is 4.52. The van der Waals surface area contributed by atoms with Crippen LogP contribution in [0.1, 0.15) is 27.9 Å². The van der Waals surface area contributed by atoms with Crippen molar-refractivity contribution in [3.63, 3.8) is 0 Å². The van der Waals surface area contributed by atoms with Crippen molar-refractivity contribution in [2.24, 2.45) is 4.99 Å². The fourth-order valence-corrected chi connectivity index (χ4v) is 3.32. The number of hydrogen-bond acceptors (Lipinski definition) is 5. The minimum Gasteiger partial charge on any atom is -0.472 e.